The van der Waals surface area contributed by atoms with Crippen LogP contribution in [0.15, 0.2) is 152 Å². The molecule has 3 fully saturated rings. The summed E-state index contributed by atoms with van der Waals surface area (Å²) in [5.74, 6) is 4.08. The molecule has 5 aromatic carbocycles. The van der Waals surface area contributed by atoms with Gasteiger partial charge in [0.2, 0.25) is 0 Å². The van der Waals surface area contributed by atoms with E-state index in [0.29, 0.717) is 50.0 Å². The van der Waals surface area contributed by atoms with E-state index in [1.54, 1.807) is 0 Å². The quantitative estimate of drug-likeness (QED) is 0.125. The maximum atomic E-state index is 5.40. The van der Waals surface area contributed by atoms with Crippen LogP contribution in [0.3, 0.4) is 0 Å². The molecule has 0 aliphatic carbocycles. The summed E-state index contributed by atoms with van der Waals surface area (Å²) >= 11 is 0. The van der Waals surface area contributed by atoms with Gasteiger partial charge in [-0.05, 0) is 59.4 Å². The average molecular weight is 751 g/mol. The molecule has 0 spiro atoms. The Morgan fingerprint density at radius 1 is 0.382 bits per heavy atom. The van der Waals surface area contributed by atoms with Crippen molar-refractivity contribution < 1.29 is 28.4 Å². The molecule has 0 aromatic heterocycles. The molecule has 55 heavy (non-hydrogen) atoms. The van der Waals surface area contributed by atoms with Gasteiger partial charge in [-0.15, -0.1) is 0 Å². The van der Waals surface area contributed by atoms with Gasteiger partial charge in [-0.2, -0.15) is 0 Å². The van der Waals surface area contributed by atoms with Gasteiger partial charge in [0.05, 0.1) is 19.8 Å². The predicted molar refractivity (Wildman–Crippen MR) is 229 cm³/mol. The first kappa shape index (κ1) is 46.5. The Bertz CT molecular complexity index is 1370. The standard InChI is InChI=1S/3C9H10O2.2C9H12.2C2H6/c3*1-2-4-8(5-3-1)10-6-9-7-11-9;2*1-8(2)9-6-4-3-5-7-9;2*1-2/h3*1-5,9H,6-7H2;2*3-8H,1-2H3;2*1-2H3. The molecule has 6 nitrogen and oxygen atoms in total. The van der Waals surface area contributed by atoms with Gasteiger partial charge in [-0.25, -0.2) is 0 Å². The molecule has 0 bridgehead atoms. The van der Waals surface area contributed by atoms with Crippen LogP contribution in [0, 0.1) is 0 Å². The number of benzene rings is 5. The Morgan fingerprint density at radius 3 is 0.745 bits per heavy atom. The zero-order valence-corrected chi connectivity index (χ0v) is 34.5. The molecule has 3 saturated heterocycles. The van der Waals surface area contributed by atoms with E-state index in [0.717, 1.165) is 37.1 Å². The van der Waals surface area contributed by atoms with Crippen LogP contribution >= 0.6 is 0 Å². The first-order chi connectivity index (χ1) is 27.0. The fourth-order valence-corrected chi connectivity index (χ4v) is 4.29. The van der Waals surface area contributed by atoms with E-state index >= 15 is 0 Å². The summed E-state index contributed by atoms with van der Waals surface area (Å²) in [4.78, 5) is 0. The van der Waals surface area contributed by atoms with Crippen molar-refractivity contribution in [3.63, 3.8) is 0 Å². The molecule has 298 valence electrons. The summed E-state index contributed by atoms with van der Waals surface area (Å²) in [7, 11) is 0. The van der Waals surface area contributed by atoms with Crippen LogP contribution in [-0.2, 0) is 14.2 Å². The summed E-state index contributed by atoms with van der Waals surface area (Å²) in [6.45, 7) is 21.4. The second kappa shape index (κ2) is 29.7. The van der Waals surface area contributed by atoms with Crippen LogP contribution in [0.25, 0.3) is 0 Å². The van der Waals surface area contributed by atoms with Gasteiger partial charge in [-0.1, -0.05) is 171 Å². The van der Waals surface area contributed by atoms with Crippen LogP contribution in [0.4, 0.5) is 0 Å². The Morgan fingerprint density at radius 2 is 0.582 bits per heavy atom. The van der Waals surface area contributed by atoms with Gasteiger partial charge in [0, 0.05) is 0 Å². The molecule has 3 atom stereocenters. The minimum atomic E-state index is 0.343. The van der Waals surface area contributed by atoms with E-state index < -0.39 is 0 Å². The highest BCUT2D eigenvalue weighted by atomic mass is 16.6. The molecule has 3 aliphatic rings. The lowest BCUT2D eigenvalue weighted by Crippen LogP contribution is -2.03. The number of hydrogen-bond donors (Lipinski definition) is 0. The molecule has 0 amide bonds. The van der Waals surface area contributed by atoms with Crippen molar-refractivity contribution in [2.24, 2.45) is 0 Å². The van der Waals surface area contributed by atoms with Crippen LogP contribution in [0.1, 0.15) is 78.4 Å². The zero-order chi connectivity index (χ0) is 39.9. The van der Waals surface area contributed by atoms with Gasteiger partial charge >= 0.3 is 0 Å². The molecule has 5 aromatic rings. The molecule has 3 heterocycles. The van der Waals surface area contributed by atoms with Crippen LogP contribution < -0.4 is 14.2 Å². The highest BCUT2D eigenvalue weighted by molar-refractivity contribution is 5.23. The second-order valence-electron chi connectivity index (χ2n) is 12.9. The van der Waals surface area contributed by atoms with Crippen molar-refractivity contribution in [3.8, 4) is 17.2 Å². The van der Waals surface area contributed by atoms with E-state index in [-0.39, 0.29) is 0 Å². The summed E-state index contributed by atoms with van der Waals surface area (Å²) in [5, 5.41) is 0. The van der Waals surface area contributed by atoms with Crippen molar-refractivity contribution >= 4 is 0 Å². The maximum Gasteiger partial charge on any atom is 0.119 e. The van der Waals surface area contributed by atoms with Crippen LogP contribution in [-0.4, -0.2) is 58.0 Å². The van der Waals surface area contributed by atoms with Crippen LogP contribution in [0.5, 0.6) is 17.2 Å². The largest absolute Gasteiger partial charge is 0.491 e. The molecule has 0 radical (unpaired) electrons. The fraction of sp³-hybridized carbons (Fsp3) is 0.388. The Balaban J connectivity index is 0.000000233. The van der Waals surface area contributed by atoms with E-state index in [2.05, 4.69) is 76.2 Å². The predicted octanol–water partition coefficient (Wildman–Crippen LogP) is 12.1. The maximum absolute atomic E-state index is 5.40. The summed E-state index contributed by atoms with van der Waals surface area (Å²) < 4.78 is 31.2. The lowest BCUT2D eigenvalue weighted by Gasteiger charge is -2.01. The molecule has 0 saturated carbocycles. The van der Waals surface area contributed by atoms with Gasteiger partial charge < -0.3 is 28.4 Å². The van der Waals surface area contributed by atoms with Gasteiger partial charge in [0.25, 0.3) is 0 Å². The molecule has 8 rings (SSSR count). The smallest absolute Gasteiger partial charge is 0.119 e. The first-order valence-corrected chi connectivity index (χ1v) is 19.9. The Labute approximate surface area is 332 Å². The second-order valence-corrected chi connectivity index (χ2v) is 12.9. The summed E-state index contributed by atoms with van der Waals surface area (Å²) in [5.41, 5.74) is 2.83. The number of epoxide rings is 3. The zero-order valence-electron chi connectivity index (χ0n) is 34.5. The first-order valence-electron chi connectivity index (χ1n) is 19.9. The van der Waals surface area contributed by atoms with Gasteiger partial charge in [0.15, 0.2) is 0 Å². The van der Waals surface area contributed by atoms with Crippen molar-refractivity contribution in [3.05, 3.63) is 163 Å². The number of para-hydroxylation sites is 3. The van der Waals surface area contributed by atoms with E-state index in [9.17, 15) is 0 Å². The molecule has 3 aliphatic heterocycles. The fourth-order valence-electron chi connectivity index (χ4n) is 4.29. The number of hydrogen-bond acceptors (Lipinski definition) is 6. The lowest BCUT2D eigenvalue weighted by molar-refractivity contribution is 0.263. The average Bonchev–Trinajstić information content (AvgIpc) is 4.10. The summed E-state index contributed by atoms with van der Waals surface area (Å²) in [6.07, 6.45) is 1.03. The number of ether oxygens (including phenoxy) is 6. The highest BCUT2D eigenvalue weighted by Crippen LogP contribution is 2.16. The van der Waals surface area contributed by atoms with E-state index in [1.807, 2.05) is 131 Å². The third-order valence-electron chi connectivity index (χ3n) is 7.68. The van der Waals surface area contributed by atoms with Crippen LogP contribution in [0.2, 0.25) is 0 Å². The Kier molecular flexibility index (Phi) is 25.1. The molecular weight excluding hydrogens is 685 g/mol. The monoisotopic (exact) mass is 750 g/mol. The topological polar surface area (TPSA) is 65.3 Å². The molecule has 0 N–H and O–H groups in total. The van der Waals surface area contributed by atoms with Crippen molar-refractivity contribution in [1.82, 2.24) is 0 Å². The lowest BCUT2D eigenvalue weighted by atomic mass is 10.0. The SMILES string of the molecule is CC.CC.CC(C)c1ccccc1.CC(C)c1ccccc1.c1ccc(OCC2CO2)cc1.c1ccc(OCC2CO2)cc1.c1ccc(OCC2CO2)cc1. The van der Waals surface area contributed by atoms with Crippen molar-refractivity contribution in [2.45, 2.75) is 85.5 Å². The molecule has 6 heteroatoms. The highest BCUT2D eigenvalue weighted by Gasteiger charge is 2.24. The van der Waals surface area contributed by atoms with Crippen molar-refractivity contribution in [2.75, 3.05) is 39.6 Å². The van der Waals surface area contributed by atoms with Crippen molar-refractivity contribution in [1.29, 1.82) is 0 Å². The Hall–Kier alpha value is -4.62. The minimum absolute atomic E-state index is 0.343. The van der Waals surface area contributed by atoms with E-state index in [4.69, 9.17) is 28.4 Å². The third kappa shape index (κ3) is 24.4. The third-order valence-corrected chi connectivity index (χ3v) is 7.68. The minimum Gasteiger partial charge on any atom is -0.491 e. The normalized spacial score (nSPS) is 16.3. The molecule has 3 unspecified atom stereocenters. The molecular formula is C49H66O6. The number of rotatable bonds is 11. The van der Waals surface area contributed by atoms with Gasteiger partial charge in [0.1, 0.15) is 55.4 Å². The van der Waals surface area contributed by atoms with E-state index in [1.165, 1.54) is 11.1 Å². The summed E-state index contributed by atoms with van der Waals surface area (Å²) in [6, 6.07) is 50.4. The van der Waals surface area contributed by atoms with Gasteiger partial charge in [-0.3, -0.25) is 0 Å².